The van der Waals surface area contributed by atoms with E-state index < -0.39 is 5.41 Å². The maximum atomic E-state index is 13.3. The molecule has 1 spiro atoms. The van der Waals surface area contributed by atoms with Gasteiger partial charge in [-0.05, 0) is 43.1 Å². The molecule has 2 aliphatic rings. The fourth-order valence-electron chi connectivity index (χ4n) is 2.71. The van der Waals surface area contributed by atoms with E-state index in [4.69, 9.17) is 0 Å². The predicted molar refractivity (Wildman–Crippen MR) is 66.1 cm³/mol. The number of hydrogen-bond donors (Lipinski definition) is 2. The van der Waals surface area contributed by atoms with E-state index >= 15 is 0 Å². The van der Waals surface area contributed by atoms with Crippen LogP contribution in [-0.2, 0) is 10.2 Å². The first-order chi connectivity index (χ1) is 7.72. The van der Waals surface area contributed by atoms with Gasteiger partial charge in [-0.2, -0.15) is 0 Å². The minimum Gasteiger partial charge on any atom is -0.325 e. The molecule has 1 amide bonds. The molecule has 2 aliphatic heterocycles. The minimum absolute atomic E-state index is 0. The van der Waals surface area contributed by atoms with Crippen LogP contribution in [0.1, 0.15) is 18.4 Å². The second-order valence-corrected chi connectivity index (χ2v) is 4.51. The van der Waals surface area contributed by atoms with Gasteiger partial charge < -0.3 is 10.6 Å². The lowest BCUT2D eigenvalue weighted by molar-refractivity contribution is -0.121. The fraction of sp³-hybridized carbons (Fsp3) is 0.417. The summed E-state index contributed by atoms with van der Waals surface area (Å²) in [5.74, 6) is -0.277. The Morgan fingerprint density at radius 2 is 2.18 bits per heavy atom. The molecule has 1 atom stereocenters. The lowest BCUT2D eigenvalue weighted by atomic mass is 9.76. The molecule has 2 heterocycles. The molecule has 3 nitrogen and oxygen atoms in total. The Morgan fingerprint density at radius 3 is 2.88 bits per heavy atom. The van der Waals surface area contributed by atoms with Gasteiger partial charge in [0.15, 0.2) is 0 Å². The summed E-state index contributed by atoms with van der Waals surface area (Å²) in [6, 6.07) is 4.51. The number of halogens is 2. The molecule has 0 saturated carbocycles. The molecule has 1 fully saturated rings. The normalized spacial score (nSPS) is 26.3. The second-order valence-electron chi connectivity index (χ2n) is 4.51. The van der Waals surface area contributed by atoms with Crippen molar-refractivity contribution in [3.8, 4) is 0 Å². The summed E-state index contributed by atoms with van der Waals surface area (Å²) < 4.78 is 13.3. The monoisotopic (exact) mass is 256 g/mol. The molecule has 1 saturated heterocycles. The molecule has 3 rings (SSSR count). The quantitative estimate of drug-likeness (QED) is 0.744. The molecular formula is C12H14ClFN2O. The Hall–Kier alpha value is -1.13. The number of carbonyl (C=O) groups excluding carboxylic acids is 1. The fourth-order valence-corrected chi connectivity index (χ4v) is 2.71. The molecule has 92 valence electrons. The summed E-state index contributed by atoms with van der Waals surface area (Å²) in [5, 5.41) is 6.06. The Morgan fingerprint density at radius 1 is 1.35 bits per heavy atom. The highest BCUT2D eigenvalue weighted by molar-refractivity contribution is 6.06. The molecule has 2 N–H and O–H groups in total. The van der Waals surface area contributed by atoms with Crippen LogP contribution in [0.4, 0.5) is 10.1 Å². The standard InChI is InChI=1S/C12H13FN2O.ClH/c13-8-2-3-10-9(6-8)12(11(16)15-10)4-1-5-14-7-12;/h2-3,6,14H,1,4-5,7H2,(H,15,16);1H. The van der Waals surface area contributed by atoms with Gasteiger partial charge in [0.2, 0.25) is 5.91 Å². The molecule has 5 heteroatoms. The van der Waals surface area contributed by atoms with E-state index in [0.717, 1.165) is 30.6 Å². The number of fused-ring (bicyclic) bond motifs is 2. The third-order valence-corrected chi connectivity index (χ3v) is 3.56. The average Bonchev–Trinajstić information content (AvgIpc) is 2.55. The second kappa shape index (κ2) is 4.27. The van der Waals surface area contributed by atoms with Crippen molar-refractivity contribution in [3.63, 3.8) is 0 Å². The summed E-state index contributed by atoms with van der Waals surface area (Å²) in [6.07, 6.45) is 1.74. The van der Waals surface area contributed by atoms with Gasteiger partial charge in [0.1, 0.15) is 5.82 Å². The number of amides is 1. The molecule has 0 aliphatic carbocycles. The van der Waals surface area contributed by atoms with Crippen LogP contribution in [-0.4, -0.2) is 19.0 Å². The van der Waals surface area contributed by atoms with Crippen LogP contribution >= 0.6 is 12.4 Å². The molecule has 1 aromatic rings. The third kappa shape index (κ3) is 1.72. The van der Waals surface area contributed by atoms with Gasteiger partial charge >= 0.3 is 0 Å². The summed E-state index contributed by atoms with van der Waals surface area (Å²) in [7, 11) is 0. The highest BCUT2D eigenvalue weighted by Gasteiger charge is 2.47. The molecule has 0 aromatic heterocycles. The van der Waals surface area contributed by atoms with Gasteiger partial charge in [-0.15, -0.1) is 12.4 Å². The van der Waals surface area contributed by atoms with Crippen molar-refractivity contribution in [2.45, 2.75) is 18.3 Å². The number of nitrogens with one attached hydrogen (secondary N) is 2. The first kappa shape index (κ1) is 12.3. The van der Waals surface area contributed by atoms with Gasteiger partial charge in [0.05, 0.1) is 5.41 Å². The lowest BCUT2D eigenvalue weighted by Crippen LogP contribution is -2.47. The molecule has 0 radical (unpaired) electrons. The zero-order valence-electron chi connectivity index (χ0n) is 9.25. The van der Waals surface area contributed by atoms with Gasteiger partial charge in [-0.3, -0.25) is 4.79 Å². The van der Waals surface area contributed by atoms with E-state index in [2.05, 4.69) is 10.6 Å². The maximum absolute atomic E-state index is 13.3. The van der Waals surface area contributed by atoms with E-state index in [-0.39, 0.29) is 24.1 Å². The van der Waals surface area contributed by atoms with E-state index in [9.17, 15) is 9.18 Å². The number of hydrogen-bond acceptors (Lipinski definition) is 2. The van der Waals surface area contributed by atoms with Crippen LogP contribution in [0, 0.1) is 5.82 Å². The van der Waals surface area contributed by atoms with E-state index in [0.29, 0.717) is 6.54 Å². The molecule has 1 aromatic carbocycles. The smallest absolute Gasteiger partial charge is 0.236 e. The lowest BCUT2D eigenvalue weighted by Gasteiger charge is -2.32. The van der Waals surface area contributed by atoms with Crippen molar-refractivity contribution in [1.29, 1.82) is 0 Å². The Balaban J connectivity index is 0.00000108. The third-order valence-electron chi connectivity index (χ3n) is 3.56. The molecular weight excluding hydrogens is 243 g/mol. The van der Waals surface area contributed by atoms with Crippen LogP contribution in [0.5, 0.6) is 0 Å². The summed E-state index contributed by atoms with van der Waals surface area (Å²) in [6.45, 7) is 1.54. The SMILES string of the molecule is Cl.O=C1Nc2ccc(F)cc2C12CCCNC2. The largest absolute Gasteiger partial charge is 0.325 e. The van der Waals surface area contributed by atoms with Crippen LogP contribution in [0.2, 0.25) is 0 Å². The number of carbonyl (C=O) groups is 1. The van der Waals surface area contributed by atoms with E-state index in [1.54, 1.807) is 6.07 Å². The number of anilines is 1. The number of piperidine rings is 1. The summed E-state index contributed by atoms with van der Waals surface area (Å²) in [4.78, 5) is 12.0. The highest BCUT2D eigenvalue weighted by Crippen LogP contribution is 2.42. The topological polar surface area (TPSA) is 41.1 Å². The zero-order chi connectivity index (χ0) is 11.2. The van der Waals surface area contributed by atoms with Gasteiger partial charge in [-0.25, -0.2) is 4.39 Å². The number of benzene rings is 1. The molecule has 0 bridgehead atoms. The minimum atomic E-state index is -0.546. The summed E-state index contributed by atoms with van der Waals surface area (Å²) in [5.41, 5.74) is 1.02. The Kier molecular flexibility index (Phi) is 3.10. The van der Waals surface area contributed by atoms with Crippen LogP contribution < -0.4 is 10.6 Å². The Labute approximate surface area is 105 Å². The van der Waals surface area contributed by atoms with Gasteiger partial charge in [0.25, 0.3) is 0 Å². The maximum Gasteiger partial charge on any atom is 0.236 e. The first-order valence-electron chi connectivity index (χ1n) is 5.55. The van der Waals surface area contributed by atoms with Crippen molar-refractivity contribution in [2.24, 2.45) is 0 Å². The van der Waals surface area contributed by atoms with Crippen molar-refractivity contribution in [1.82, 2.24) is 5.32 Å². The van der Waals surface area contributed by atoms with E-state index in [1.807, 2.05) is 0 Å². The van der Waals surface area contributed by atoms with Crippen molar-refractivity contribution in [3.05, 3.63) is 29.6 Å². The highest BCUT2D eigenvalue weighted by atomic mass is 35.5. The zero-order valence-corrected chi connectivity index (χ0v) is 10.1. The number of rotatable bonds is 0. The van der Waals surface area contributed by atoms with Crippen LogP contribution in [0.25, 0.3) is 0 Å². The predicted octanol–water partition coefficient (Wildman–Crippen LogP) is 1.82. The molecule has 17 heavy (non-hydrogen) atoms. The van der Waals surface area contributed by atoms with Crippen molar-refractivity contribution >= 4 is 24.0 Å². The van der Waals surface area contributed by atoms with Crippen molar-refractivity contribution < 1.29 is 9.18 Å². The van der Waals surface area contributed by atoms with Gasteiger partial charge in [0, 0.05) is 12.2 Å². The van der Waals surface area contributed by atoms with Crippen LogP contribution in [0.15, 0.2) is 18.2 Å². The summed E-state index contributed by atoms with van der Waals surface area (Å²) >= 11 is 0. The van der Waals surface area contributed by atoms with Crippen molar-refractivity contribution in [2.75, 3.05) is 18.4 Å². The van der Waals surface area contributed by atoms with E-state index in [1.165, 1.54) is 12.1 Å². The Bertz CT molecular complexity index is 458. The van der Waals surface area contributed by atoms with Crippen LogP contribution in [0.3, 0.4) is 0 Å². The first-order valence-corrected chi connectivity index (χ1v) is 5.55. The average molecular weight is 257 g/mol. The molecule has 1 unspecified atom stereocenters. The van der Waals surface area contributed by atoms with Gasteiger partial charge in [-0.1, -0.05) is 0 Å².